The van der Waals surface area contributed by atoms with Gasteiger partial charge >= 0.3 is 6.09 Å². The molecule has 1 aromatic heterocycles. The Morgan fingerprint density at radius 3 is 2.76 bits per heavy atom. The van der Waals surface area contributed by atoms with Gasteiger partial charge in [-0.1, -0.05) is 6.07 Å². The van der Waals surface area contributed by atoms with Crippen LogP contribution in [0, 0.1) is 0 Å². The summed E-state index contributed by atoms with van der Waals surface area (Å²) in [5.74, 6) is 0. The number of alkyl carbamates (subject to hydrolysis) is 1. The zero-order valence-corrected chi connectivity index (χ0v) is 11.0. The Morgan fingerprint density at radius 2 is 2.29 bits per heavy atom. The van der Waals surface area contributed by atoms with Gasteiger partial charge in [-0.15, -0.1) is 11.3 Å². The summed E-state index contributed by atoms with van der Waals surface area (Å²) in [6.45, 7) is 5.39. The number of rotatable bonds is 4. The number of thiophene rings is 1. The van der Waals surface area contributed by atoms with Gasteiger partial charge in [0.1, 0.15) is 11.9 Å². The number of carbonyl (C=O) groups is 2. The van der Waals surface area contributed by atoms with Gasteiger partial charge in [0.25, 0.3) is 0 Å². The van der Waals surface area contributed by atoms with Crippen LogP contribution in [0.25, 0.3) is 0 Å². The molecule has 0 fully saturated rings. The predicted molar refractivity (Wildman–Crippen MR) is 67.1 cm³/mol. The number of ether oxygens (including phenoxy) is 1. The Morgan fingerprint density at radius 1 is 1.59 bits per heavy atom. The van der Waals surface area contributed by atoms with Gasteiger partial charge in [-0.05, 0) is 32.2 Å². The molecule has 1 aromatic rings. The normalized spacial score (nSPS) is 12.9. The molecule has 4 nitrogen and oxygen atoms in total. The number of aldehydes is 1. The molecule has 1 N–H and O–H groups in total. The zero-order chi connectivity index (χ0) is 12.9. The van der Waals surface area contributed by atoms with Crippen LogP contribution in [0.5, 0.6) is 0 Å². The van der Waals surface area contributed by atoms with Crippen LogP contribution in [-0.4, -0.2) is 18.0 Å². The summed E-state index contributed by atoms with van der Waals surface area (Å²) < 4.78 is 5.15. The van der Waals surface area contributed by atoms with Gasteiger partial charge in [0, 0.05) is 11.3 Å². The van der Waals surface area contributed by atoms with Gasteiger partial charge < -0.3 is 14.8 Å². The molecule has 1 atom stereocenters. The molecule has 0 saturated heterocycles. The first-order valence-corrected chi connectivity index (χ1v) is 6.27. The molecule has 1 rings (SSSR count). The molecule has 0 aliphatic rings. The number of amides is 1. The van der Waals surface area contributed by atoms with Crippen LogP contribution < -0.4 is 5.32 Å². The highest BCUT2D eigenvalue weighted by Gasteiger charge is 2.20. The lowest BCUT2D eigenvalue weighted by molar-refractivity contribution is -0.108. The molecular formula is C12H17NO3S. The van der Waals surface area contributed by atoms with E-state index in [1.807, 2.05) is 17.5 Å². The second kappa shape index (κ2) is 5.82. The molecule has 0 aliphatic heterocycles. The Kier molecular flexibility index (Phi) is 4.69. The van der Waals surface area contributed by atoms with Crippen LogP contribution in [0.4, 0.5) is 4.79 Å². The van der Waals surface area contributed by atoms with Crippen molar-refractivity contribution in [2.45, 2.75) is 38.8 Å². The minimum Gasteiger partial charge on any atom is -0.444 e. The van der Waals surface area contributed by atoms with E-state index < -0.39 is 11.7 Å². The molecule has 0 spiro atoms. The van der Waals surface area contributed by atoms with Gasteiger partial charge in [0.05, 0.1) is 6.04 Å². The lowest BCUT2D eigenvalue weighted by atomic mass is 10.2. The second-order valence-corrected chi connectivity index (χ2v) is 5.60. The molecular weight excluding hydrogens is 238 g/mol. The minimum atomic E-state index is -0.536. The minimum absolute atomic E-state index is 0.250. The van der Waals surface area contributed by atoms with Gasteiger partial charge in [0.15, 0.2) is 0 Å². The van der Waals surface area contributed by atoms with Crippen molar-refractivity contribution in [2.75, 3.05) is 0 Å². The maximum Gasteiger partial charge on any atom is 0.408 e. The summed E-state index contributed by atoms with van der Waals surface area (Å²) >= 11 is 1.50. The quantitative estimate of drug-likeness (QED) is 0.842. The highest BCUT2D eigenvalue weighted by atomic mass is 32.1. The third kappa shape index (κ3) is 4.99. The predicted octanol–water partition coefficient (Wildman–Crippen LogP) is 2.90. The first kappa shape index (κ1) is 13.7. The van der Waals surface area contributed by atoms with Crippen molar-refractivity contribution in [3.63, 3.8) is 0 Å². The summed E-state index contributed by atoms with van der Waals surface area (Å²) in [7, 11) is 0. The summed E-state index contributed by atoms with van der Waals surface area (Å²) in [4.78, 5) is 23.1. The van der Waals surface area contributed by atoms with Crippen molar-refractivity contribution in [3.05, 3.63) is 22.4 Å². The Bertz CT molecular complexity index is 368. The summed E-state index contributed by atoms with van der Waals surface area (Å²) in [5.41, 5.74) is -0.536. The third-order valence-electron chi connectivity index (χ3n) is 1.91. The molecule has 0 aromatic carbocycles. The van der Waals surface area contributed by atoms with Crippen LogP contribution in [0.15, 0.2) is 17.5 Å². The van der Waals surface area contributed by atoms with Crippen molar-refractivity contribution < 1.29 is 14.3 Å². The van der Waals surface area contributed by atoms with Crippen LogP contribution in [0.3, 0.4) is 0 Å². The molecule has 0 saturated carbocycles. The monoisotopic (exact) mass is 255 g/mol. The molecule has 94 valence electrons. The fourth-order valence-corrected chi connectivity index (χ4v) is 2.07. The average Bonchev–Trinajstić information content (AvgIpc) is 2.66. The maximum atomic E-state index is 11.6. The van der Waals surface area contributed by atoms with Gasteiger partial charge in [0.2, 0.25) is 0 Å². The standard InChI is InChI=1S/C12H17NO3S/c1-12(2,3)16-11(15)13-9(6-7-14)10-5-4-8-17-10/h4-5,7-9H,6H2,1-3H3,(H,13,15)/t9-/m0/s1. The van der Waals surface area contributed by atoms with Gasteiger partial charge in [-0.2, -0.15) is 0 Å². The van der Waals surface area contributed by atoms with E-state index in [0.717, 1.165) is 11.2 Å². The van der Waals surface area contributed by atoms with Crippen LogP contribution >= 0.6 is 11.3 Å². The van der Waals surface area contributed by atoms with Gasteiger partial charge in [-0.3, -0.25) is 0 Å². The molecule has 1 amide bonds. The molecule has 0 aliphatic carbocycles. The largest absolute Gasteiger partial charge is 0.444 e. The van der Waals surface area contributed by atoms with Crippen molar-refractivity contribution in [1.82, 2.24) is 5.32 Å². The Hall–Kier alpha value is -1.36. The first-order chi connectivity index (χ1) is 7.92. The molecule has 5 heteroatoms. The fraction of sp³-hybridized carbons (Fsp3) is 0.500. The first-order valence-electron chi connectivity index (χ1n) is 5.39. The highest BCUT2D eigenvalue weighted by Crippen LogP contribution is 2.21. The van der Waals surface area contributed by atoms with Crippen molar-refractivity contribution in [1.29, 1.82) is 0 Å². The molecule has 17 heavy (non-hydrogen) atoms. The lowest BCUT2D eigenvalue weighted by Crippen LogP contribution is -2.34. The highest BCUT2D eigenvalue weighted by molar-refractivity contribution is 7.10. The van der Waals surface area contributed by atoms with Crippen molar-refractivity contribution in [3.8, 4) is 0 Å². The van der Waals surface area contributed by atoms with E-state index in [4.69, 9.17) is 4.74 Å². The van der Waals surface area contributed by atoms with Crippen LogP contribution in [0.2, 0.25) is 0 Å². The lowest BCUT2D eigenvalue weighted by Gasteiger charge is -2.22. The second-order valence-electron chi connectivity index (χ2n) is 4.62. The summed E-state index contributed by atoms with van der Waals surface area (Å²) in [5, 5.41) is 4.60. The Labute approximate surface area is 105 Å². The Balaban J connectivity index is 2.62. The molecule has 0 bridgehead atoms. The molecule has 1 heterocycles. The van der Waals surface area contributed by atoms with E-state index in [2.05, 4.69) is 5.32 Å². The number of hydrogen-bond donors (Lipinski definition) is 1. The number of hydrogen-bond acceptors (Lipinski definition) is 4. The van der Waals surface area contributed by atoms with E-state index in [1.165, 1.54) is 11.3 Å². The van der Waals surface area contributed by atoms with E-state index in [9.17, 15) is 9.59 Å². The van der Waals surface area contributed by atoms with E-state index in [1.54, 1.807) is 20.8 Å². The topological polar surface area (TPSA) is 55.4 Å². The van der Waals surface area contributed by atoms with E-state index in [0.29, 0.717) is 0 Å². The average molecular weight is 255 g/mol. The number of nitrogens with one attached hydrogen (secondary N) is 1. The summed E-state index contributed by atoms with van der Waals surface area (Å²) in [6.07, 6.45) is 0.541. The third-order valence-corrected chi connectivity index (χ3v) is 2.90. The van der Waals surface area contributed by atoms with Crippen LogP contribution in [-0.2, 0) is 9.53 Å². The van der Waals surface area contributed by atoms with Crippen molar-refractivity contribution >= 4 is 23.7 Å². The molecule has 0 radical (unpaired) electrons. The van der Waals surface area contributed by atoms with E-state index >= 15 is 0 Å². The fourth-order valence-electron chi connectivity index (χ4n) is 1.28. The molecule has 0 unspecified atom stereocenters. The SMILES string of the molecule is CC(C)(C)OC(=O)N[C@@H](CC=O)c1cccs1. The smallest absolute Gasteiger partial charge is 0.408 e. The maximum absolute atomic E-state index is 11.6. The van der Waals surface area contributed by atoms with Crippen LogP contribution in [0.1, 0.15) is 38.1 Å². The van der Waals surface area contributed by atoms with Crippen molar-refractivity contribution in [2.24, 2.45) is 0 Å². The zero-order valence-electron chi connectivity index (χ0n) is 10.2. The number of carbonyl (C=O) groups excluding carboxylic acids is 2. The van der Waals surface area contributed by atoms with Gasteiger partial charge in [-0.25, -0.2) is 4.79 Å². The van der Waals surface area contributed by atoms with E-state index in [-0.39, 0.29) is 12.5 Å². The summed E-state index contributed by atoms with van der Waals surface area (Å²) in [6, 6.07) is 3.47.